The topological polar surface area (TPSA) is 86.8 Å². The summed E-state index contributed by atoms with van der Waals surface area (Å²) < 4.78 is 29.5. The molecule has 0 aromatic heterocycles. The van der Waals surface area contributed by atoms with Gasteiger partial charge >= 0.3 is 0 Å². The van der Waals surface area contributed by atoms with E-state index in [9.17, 15) is 18.0 Å². The number of hydrogen-bond donors (Lipinski definition) is 1. The molecule has 11 heteroatoms. The average Bonchev–Trinajstić information content (AvgIpc) is 3.04. The third-order valence-corrected chi connectivity index (χ3v) is 10.6. The Labute approximate surface area is 292 Å². The predicted octanol–water partition coefficient (Wildman–Crippen LogP) is 8.02. The smallest absolute Gasteiger partial charge is 0.264 e. The van der Waals surface area contributed by atoms with Crippen molar-refractivity contribution in [1.29, 1.82) is 0 Å². The van der Waals surface area contributed by atoms with Gasteiger partial charge in [-0.05, 0) is 73.4 Å². The maximum absolute atomic E-state index is 14.6. The number of benzene rings is 4. The molecule has 0 aliphatic carbocycles. The molecule has 2 amide bonds. The lowest BCUT2D eigenvalue weighted by atomic mass is 10.0. The van der Waals surface area contributed by atoms with Gasteiger partial charge in [0, 0.05) is 34.6 Å². The lowest BCUT2D eigenvalue weighted by molar-refractivity contribution is -0.140. The van der Waals surface area contributed by atoms with E-state index in [1.165, 1.54) is 23.1 Å². The second-order valence-corrected chi connectivity index (χ2v) is 14.5. The molecule has 0 fully saturated rings. The fourth-order valence-corrected chi connectivity index (χ4v) is 7.05. The lowest BCUT2D eigenvalue weighted by Crippen LogP contribution is -2.53. The van der Waals surface area contributed by atoms with Crippen LogP contribution in [0.3, 0.4) is 0 Å². The number of rotatable bonds is 14. The Hall–Kier alpha value is -3.56. The number of nitrogens with zero attached hydrogens (tertiary/aromatic N) is 2. The van der Waals surface area contributed by atoms with Gasteiger partial charge in [-0.15, -0.1) is 0 Å². The fraction of sp³-hybridized carbons (Fsp3) is 0.278. The van der Waals surface area contributed by atoms with Crippen LogP contribution in [0.15, 0.2) is 95.9 Å². The quantitative estimate of drug-likeness (QED) is 0.134. The highest BCUT2D eigenvalue weighted by Crippen LogP contribution is 2.30. The van der Waals surface area contributed by atoms with Gasteiger partial charge in [0.25, 0.3) is 10.0 Å². The van der Waals surface area contributed by atoms with E-state index in [1.54, 1.807) is 49.4 Å². The standard InChI is InChI=1S/C36H38Cl3N3O4S/c1-4-5-19-40-36(44)34(20-27-9-7-6-8-10-27)41(23-28-14-15-29(37)21-33(28)39)35(43)24-42(30-16-13-26(3)32(38)22-30)47(45,46)31-17-11-25(2)12-18-31/h6-18,21-22,34H,4-5,19-20,23-24H2,1-3H3,(H,40,44). The average molecular weight is 715 g/mol. The lowest BCUT2D eigenvalue weighted by Gasteiger charge is -2.34. The number of amides is 2. The summed E-state index contributed by atoms with van der Waals surface area (Å²) in [5.74, 6) is -0.956. The second-order valence-electron chi connectivity index (χ2n) is 11.4. The number of anilines is 1. The Balaban J connectivity index is 1.83. The Bertz CT molecular complexity index is 1800. The van der Waals surface area contributed by atoms with E-state index in [0.29, 0.717) is 27.2 Å². The van der Waals surface area contributed by atoms with Crippen LogP contribution in [-0.4, -0.2) is 44.3 Å². The summed E-state index contributed by atoms with van der Waals surface area (Å²) >= 11 is 19.2. The summed E-state index contributed by atoms with van der Waals surface area (Å²) in [4.78, 5) is 29.9. The first-order valence-electron chi connectivity index (χ1n) is 15.3. The highest BCUT2D eigenvalue weighted by Gasteiger charge is 2.35. The minimum atomic E-state index is -4.25. The molecule has 4 aromatic carbocycles. The molecule has 47 heavy (non-hydrogen) atoms. The number of unbranched alkanes of at least 4 members (excludes halogenated alkanes) is 1. The minimum absolute atomic E-state index is 0.0121. The third-order valence-electron chi connectivity index (χ3n) is 7.79. The highest BCUT2D eigenvalue weighted by molar-refractivity contribution is 7.92. The van der Waals surface area contributed by atoms with E-state index < -0.39 is 28.5 Å². The molecule has 0 radical (unpaired) electrons. The zero-order valence-electron chi connectivity index (χ0n) is 26.5. The van der Waals surface area contributed by atoms with Gasteiger partial charge in [-0.2, -0.15) is 0 Å². The number of sulfonamides is 1. The molecule has 0 heterocycles. The van der Waals surface area contributed by atoms with Crippen molar-refractivity contribution in [2.45, 2.75) is 57.5 Å². The number of hydrogen-bond acceptors (Lipinski definition) is 4. The van der Waals surface area contributed by atoms with Crippen molar-refractivity contribution in [1.82, 2.24) is 10.2 Å². The maximum atomic E-state index is 14.6. The largest absolute Gasteiger partial charge is 0.354 e. The van der Waals surface area contributed by atoms with Crippen molar-refractivity contribution >= 4 is 62.3 Å². The van der Waals surface area contributed by atoms with Crippen LogP contribution in [0, 0.1) is 13.8 Å². The predicted molar refractivity (Wildman–Crippen MR) is 191 cm³/mol. The summed E-state index contributed by atoms with van der Waals surface area (Å²) in [6.45, 7) is 5.44. The van der Waals surface area contributed by atoms with Gasteiger partial charge in [0.1, 0.15) is 12.6 Å². The Kier molecular flexibility index (Phi) is 12.7. The van der Waals surface area contributed by atoms with Crippen LogP contribution in [0.4, 0.5) is 5.69 Å². The number of carbonyl (C=O) groups is 2. The first kappa shape index (κ1) is 36.3. The van der Waals surface area contributed by atoms with E-state index in [0.717, 1.165) is 33.8 Å². The normalized spacial score (nSPS) is 12.0. The minimum Gasteiger partial charge on any atom is -0.354 e. The van der Waals surface area contributed by atoms with Crippen LogP contribution < -0.4 is 9.62 Å². The van der Waals surface area contributed by atoms with Crippen LogP contribution in [-0.2, 0) is 32.6 Å². The number of aryl methyl sites for hydroxylation is 2. The van der Waals surface area contributed by atoms with Gasteiger partial charge in [-0.25, -0.2) is 8.42 Å². The van der Waals surface area contributed by atoms with Gasteiger partial charge in [0.2, 0.25) is 11.8 Å². The van der Waals surface area contributed by atoms with Gasteiger partial charge in [0.05, 0.1) is 10.6 Å². The molecule has 7 nitrogen and oxygen atoms in total. The first-order chi connectivity index (χ1) is 22.4. The van der Waals surface area contributed by atoms with Gasteiger partial charge < -0.3 is 10.2 Å². The van der Waals surface area contributed by atoms with Crippen LogP contribution in [0.5, 0.6) is 0 Å². The van der Waals surface area contributed by atoms with Crippen molar-refractivity contribution in [3.63, 3.8) is 0 Å². The molecule has 1 unspecified atom stereocenters. The molecule has 0 spiro atoms. The number of carbonyl (C=O) groups excluding carboxylic acids is 2. The van der Waals surface area contributed by atoms with Crippen LogP contribution in [0.1, 0.15) is 42.0 Å². The Morgan fingerprint density at radius 2 is 1.55 bits per heavy atom. The van der Waals surface area contributed by atoms with Gasteiger partial charge in [0.15, 0.2) is 0 Å². The summed E-state index contributed by atoms with van der Waals surface area (Å²) in [5.41, 5.74) is 3.23. The summed E-state index contributed by atoms with van der Waals surface area (Å²) in [7, 11) is -4.25. The van der Waals surface area contributed by atoms with Crippen molar-refractivity contribution in [2.24, 2.45) is 0 Å². The fourth-order valence-electron chi connectivity index (χ4n) is 5.00. The van der Waals surface area contributed by atoms with Crippen molar-refractivity contribution in [3.8, 4) is 0 Å². The van der Waals surface area contributed by atoms with Crippen molar-refractivity contribution < 1.29 is 18.0 Å². The molecule has 4 rings (SSSR count). The maximum Gasteiger partial charge on any atom is 0.264 e. The van der Waals surface area contributed by atoms with Crippen LogP contribution >= 0.6 is 34.8 Å². The molecular formula is C36H38Cl3N3O4S. The summed E-state index contributed by atoms with van der Waals surface area (Å²) in [5, 5.41) is 4.05. The molecule has 0 bridgehead atoms. The van der Waals surface area contributed by atoms with Gasteiger partial charge in [-0.3, -0.25) is 13.9 Å². The van der Waals surface area contributed by atoms with Gasteiger partial charge in [-0.1, -0.05) is 108 Å². The number of nitrogens with one attached hydrogen (secondary N) is 1. The highest BCUT2D eigenvalue weighted by atomic mass is 35.5. The second kappa shape index (κ2) is 16.5. The number of halogens is 3. The molecule has 0 saturated heterocycles. The first-order valence-corrected chi connectivity index (χ1v) is 17.9. The third kappa shape index (κ3) is 9.51. The monoisotopic (exact) mass is 713 g/mol. The summed E-state index contributed by atoms with van der Waals surface area (Å²) in [6, 6.07) is 24.5. The van der Waals surface area contributed by atoms with Crippen LogP contribution in [0.25, 0.3) is 0 Å². The van der Waals surface area contributed by atoms with E-state index >= 15 is 0 Å². The molecular weight excluding hydrogens is 677 g/mol. The molecule has 0 aliphatic rings. The Morgan fingerprint density at radius 1 is 0.851 bits per heavy atom. The van der Waals surface area contributed by atoms with E-state index in [-0.39, 0.29) is 29.5 Å². The molecule has 0 aliphatic heterocycles. The SMILES string of the molecule is CCCCNC(=O)C(Cc1ccccc1)N(Cc1ccc(Cl)cc1Cl)C(=O)CN(c1ccc(C)c(Cl)c1)S(=O)(=O)c1ccc(C)cc1. The zero-order chi connectivity index (χ0) is 34.1. The molecule has 1 atom stereocenters. The molecule has 0 saturated carbocycles. The van der Waals surface area contributed by atoms with E-state index in [4.69, 9.17) is 34.8 Å². The van der Waals surface area contributed by atoms with Crippen molar-refractivity contribution in [2.75, 3.05) is 17.4 Å². The summed E-state index contributed by atoms with van der Waals surface area (Å²) in [6.07, 6.45) is 1.83. The van der Waals surface area contributed by atoms with Crippen molar-refractivity contribution in [3.05, 3.63) is 128 Å². The van der Waals surface area contributed by atoms with Crippen LogP contribution in [0.2, 0.25) is 15.1 Å². The zero-order valence-corrected chi connectivity index (χ0v) is 29.6. The Morgan fingerprint density at radius 3 is 2.19 bits per heavy atom. The van der Waals surface area contributed by atoms with E-state index in [2.05, 4.69) is 5.32 Å². The van der Waals surface area contributed by atoms with E-state index in [1.807, 2.05) is 44.2 Å². The molecule has 4 aromatic rings. The molecule has 1 N–H and O–H groups in total. The molecule has 248 valence electrons.